The molecule has 0 aromatic carbocycles. The molecule has 0 aliphatic carbocycles. The molecule has 0 spiro atoms. The van der Waals surface area contributed by atoms with Crippen LogP contribution in [0.5, 0.6) is 0 Å². The smallest absolute Gasteiger partial charge is 0.155 e. The third-order valence-electron chi connectivity index (χ3n) is 4.91. The van der Waals surface area contributed by atoms with Gasteiger partial charge in [0, 0.05) is 6.42 Å². The van der Waals surface area contributed by atoms with Crippen molar-refractivity contribution in [2.45, 2.75) is 122 Å². The van der Waals surface area contributed by atoms with Crippen molar-refractivity contribution in [1.29, 1.82) is 0 Å². The molecule has 0 fully saturated rings. The van der Waals surface area contributed by atoms with Crippen LogP contribution in [0.3, 0.4) is 0 Å². The molecule has 25 heavy (non-hydrogen) atoms. The Morgan fingerprint density at radius 2 is 1.04 bits per heavy atom. The molecular weight excluding hydrogens is 304 g/mol. The third-order valence-corrected chi connectivity index (χ3v) is 4.91. The lowest BCUT2D eigenvalue weighted by molar-refractivity contribution is -0.114. The Bertz CT molecular complexity index is 316. The first kappa shape index (κ1) is 24.1. The summed E-state index contributed by atoms with van der Waals surface area (Å²) in [5, 5.41) is 0. The second-order valence-corrected chi connectivity index (χ2v) is 7.42. The predicted molar refractivity (Wildman–Crippen MR) is 113 cm³/mol. The number of carbonyl (C=O) groups is 1. The molecule has 0 aromatic rings. The maximum absolute atomic E-state index is 11.1. The van der Waals surface area contributed by atoms with Gasteiger partial charge in [0.1, 0.15) is 0 Å². The summed E-state index contributed by atoms with van der Waals surface area (Å²) in [4.78, 5) is 11.1. The van der Waals surface area contributed by atoms with Gasteiger partial charge in [0.2, 0.25) is 0 Å². The first-order valence-electron chi connectivity index (χ1n) is 11.1. The number of carbonyl (C=O) groups excluding carboxylic acids is 1. The molecule has 0 rings (SSSR count). The zero-order valence-electron chi connectivity index (χ0n) is 17.1. The van der Waals surface area contributed by atoms with Crippen molar-refractivity contribution in [3.63, 3.8) is 0 Å². The summed E-state index contributed by atoms with van der Waals surface area (Å²) in [5.41, 5.74) is 0. The number of hydrogen-bond acceptors (Lipinski definition) is 1. The molecule has 0 atom stereocenters. The fourth-order valence-electron chi connectivity index (χ4n) is 3.18. The zero-order chi connectivity index (χ0) is 18.4. The van der Waals surface area contributed by atoms with E-state index in [9.17, 15) is 4.79 Å². The summed E-state index contributed by atoms with van der Waals surface area (Å²) in [6.07, 6.45) is 29.6. The van der Waals surface area contributed by atoms with Gasteiger partial charge in [-0.3, -0.25) is 4.79 Å². The summed E-state index contributed by atoms with van der Waals surface area (Å²) < 4.78 is 0. The van der Waals surface area contributed by atoms with Gasteiger partial charge < -0.3 is 0 Å². The Balaban J connectivity index is 3.11. The molecule has 0 unspecified atom stereocenters. The highest BCUT2D eigenvalue weighted by molar-refractivity contribution is 5.88. The fourth-order valence-corrected chi connectivity index (χ4v) is 3.18. The van der Waals surface area contributed by atoms with Crippen LogP contribution in [-0.2, 0) is 4.79 Å². The topological polar surface area (TPSA) is 17.1 Å². The normalized spacial score (nSPS) is 11.2. The van der Waals surface area contributed by atoms with Crippen LogP contribution < -0.4 is 0 Å². The third kappa shape index (κ3) is 21.1. The maximum Gasteiger partial charge on any atom is 0.155 e. The van der Waals surface area contributed by atoms with E-state index in [0.29, 0.717) is 6.42 Å². The molecule has 0 saturated carbocycles. The van der Waals surface area contributed by atoms with Gasteiger partial charge in [-0.25, -0.2) is 0 Å². The van der Waals surface area contributed by atoms with E-state index >= 15 is 0 Å². The first-order valence-corrected chi connectivity index (χ1v) is 11.1. The van der Waals surface area contributed by atoms with E-state index in [2.05, 4.69) is 25.7 Å². The lowest BCUT2D eigenvalue weighted by atomic mass is 10.1. The lowest BCUT2D eigenvalue weighted by Crippen LogP contribution is -1.91. The van der Waals surface area contributed by atoms with Crippen molar-refractivity contribution in [2.75, 3.05) is 0 Å². The first-order chi connectivity index (χ1) is 12.3. The number of ketones is 1. The van der Waals surface area contributed by atoms with Gasteiger partial charge in [-0.2, -0.15) is 0 Å². The van der Waals surface area contributed by atoms with Crippen LogP contribution >= 0.6 is 0 Å². The quantitative estimate of drug-likeness (QED) is 0.123. The van der Waals surface area contributed by atoms with Gasteiger partial charge >= 0.3 is 0 Å². The van der Waals surface area contributed by atoms with E-state index in [1.807, 2.05) is 0 Å². The molecule has 1 nitrogen and oxygen atoms in total. The van der Waals surface area contributed by atoms with Crippen molar-refractivity contribution in [3.05, 3.63) is 24.8 Å². The van der Waals surface area contributed by atoms with Crippen molar-refractivity contribution in [3.8, 4) is 0 Å². The molecule has 1 heteroatoms. The SMILES string of the molecule is C=CC(=O)CCCCCCCC/C=C\CCCCCCCCCCC. The second kappa shape index (κ2) is 21.2. The van der Waals surface area contributed by atoms with E-state index in [4.69, 9.17) is 0 Å². The molecule has 0 N–H and O–H groups in total. The largest absolute Gasteiger partial charge is 0.295 e. The van der Waals surface area contributed by atoms with E-state index in [1.165, 1.54) is 109 Å². The van der Waals surface area contributed by atoms with Crippen LogP contribution in [0.4, 0.5) is 0 Å². The number of unbranched alkanes of at least 4 members (excludes halogenated alkanes) is 15. The van der Waals surface area contributed by atoms with Gasteiger partial charge in [0.15, 0.2) is 5.78 Å². The van der Waals surface area contributed by atoms with Crippen molar-refractivity contribution in [2.24, 2.45) is 0 Å². The van der Waals surface area contributed by atoms with Crippen LogP contribution in [0.1, 0.15) is 122 Å². The molecule has 0 heterocycles. The minimum atomic E-state index is 0.192. The zero-order valence-corrected chi connectivity index (χ0v) is 17.1. The molecule has 0 aliphatic heterocycles. The van der Waals surface area contributed by atoms with E-state index in [-0.39, 0.29) is 5.78 Å². The molecule has 146 valence electrons. The van der Waals surface area contributed by atoms with E-state index < -0.39 is 0 Å². The molecule has 0 saturated heterocycles. The molecular formula is C24H44O. The molecule has 0 amide bonds. The Labute approximate surface area is 158 Å². The van der Waals surface area contributed by atoms with Gasteiger partial charge in [-0.1, -0.05) is 103 Å². The van der Waals surface area contributed by atoms with Crippen LogP contribution in [0.15, 0.2) is 24.8 Å². The average Bonchev–Trinajstić information content (AvgIpc) is 2.63. The fraction of sp³-hybridized carbons (Fsp3) is 0.792. The van der Waals surface area contributed by atoms with Crippen molar-refractivity contribution < 1.29 is 4.79 Å². The molecule has 0 aromatic heterocycles. The highest BCUT2D eigenvalue weighted by Gasteiger charge is 1.96. The summed E-state index contributed by atoms with van der Waals surface area (Å²) in [7, 11) is 0. The maximum atomic E-state index is 11.1. The molecule has 0 aliphatic rings. The Morgan fingerprint density at radius 3 is 1.48 bits per heavy atom. The Morgan fingerprint density at radius 1 is 0.640 bits per heavy atom. The van der Waals surface area contributed by atoms with Gasteiger partial charge in [-0.05, 0) is 38.2 Å². The van der Waals surface area contributed by atoms with Gasteiger partial charge in [0.25, 0.3) is 0 Å². The highest BCUT2D eigenvalue weighted by atomic mass is 16.1. The van der Waals surface area contributed by atoms with Crippen LogP contribution in [-0.4, -0.2) is 5.78 Å². The van der Waals surface area contributed by atoms with Crippen molar-refractivity contribution >= 4 is 5.78 Å². The van der Waals surface area contributed by atoms with E-state index in [1.54, 1.807) is 0 Å². The number of rotatable bonds is 20. The second-order valence-electron chi connectivity index (χ2n) is 7.42. The number of hydrogen-bond donors (Lipinski definition) is 0. The summed E-state index contributed by atoms with van der Waals surface area (Å²) >= 11 is 0. The van der Waals surface area contributed by atoms with Crippen LogP contribution in [0, 0.1) is 0 Å². The summed E-state index contributed by atoms with van der Waals surface area (Å²) in [5.74, 6) is 0.192. The lowest BCUT2D eigenvalue weighted by Gasteiger charge is -2.01. The van der Waals surface area contributed by atoms with E-state index in [0.717, 1.165) is 6.42 Å². The van der Waals surface area contributed by atoms with Gasteiger partial charge in [0.05, 0.1) is 0 Å². The minimum Gasteiger partial charge on any atom is -0.295 e. The average molecular weight is 349 g/mol. The monoisotopic (exact) mass is 348 g/mol. The number of allylic oxidation sites excluding steroid dienone is 3. The highest BCUT2D eigenvalue weighted by Crippen LogP contribution is 2.12. The Hall–Kier alpha value is -0.850. The molecule has 0 bridgehead atoms. The predicted octanol–water partition coefficient (Wildman–Crippen LogP) is 8.34. The minimum absolute atomic E-state index is 0.192. The standard InChI is InChI=1S/C24H44O/c1-3-5-6-7-8-9-10-11-12-13-14-15-16-17-18-19-20-21-22-23-24(25)4-2/h4,14-15H,2-3,5-13,16-23H2,1H3/b15-14-. The Kier molecular flexibility index (Phi) is 20.5. The summed E-state index contributed by atoms with van der Waals surface area (Å²) in [6.45, 7) is 5.79. The summed E-state index contributed by atoms with van der Waals surface area (Å²) in [6, 6.07) is 0. The van der Waals surface area contributed by atoms with Crippen molar-refractivity contribution in [1.82, 2.24) is 0 Å². The van der Waals surface area contributed by atoms with Crippen LogP contribution in [0.2, 0.25) is 0 Å². The van der Waals surface area contributed by atoms with Gasteiger partial charge in [-0.15, -0.1) is 0 Å². The molecule has 0 radical (unpaired) electrons. The van der Waals surface area contributed by atoms with Crippen LogP contribution in [0.25, 0.3) is 0 Å².